The van der Waals surface area contributed by atoms with Crippen LogP contribution < -0.4 is 11.3 Å². The van der Waals surface area contributed by atoms with Crippen LogP contribution in [0.25, 0.3) is 16.6 Å². The molecule has 3 rings (SSSR count). The van der Waals surface area contributed by atoms with Gasteiger partial charge in [-0.1, -0.05) is 11.6 Å². The average Bonchev–Trinajstić information content (AvgIpc) is 2.57. The normalized spacial score (nSPS) is 10.8. The third-order valence-corrected chi connectivity index (χ3v) is 3.95. The van der Waals surface area contributed by atoms with E-state index in [1.807, 2.05) is 6.07 Å². The number of aromatic nitrogens is 2. The van der Waals surface area contributed by atoms with Gasteiger partial charge in [-0.05, 0) is 36.9 Å². The smallest absolute Gasteiger partial charge is 0.267 e. The fourth-order valence-corrected chi connectivity index (χ4v) is 2.83. The Balaban J connectivity index is 2.46. The predicted octanol–water partition coefficient (Wildman–Crippen LogP) is 2.69. The van der Waals surface area contributed by atoms with Crippen LogP contribution in [0.5, 0.6) is 0 Å². The monoisotopic (exact) mass is 360 g/mol. The highest BCUT2D eigenvalue weighted by molar-refractivity contribution is 6.35. The van der Waals surface area contributed by atoms with Crippen molar-refractivity contribution in [3.8, 4) is 11.8 Å². The molecule has 0 bridgehead atoms. The molecule has 0 aliphatic carbocycles. The van der Waals surface area contributed by atoms with Gasteiger partial charge in [-0.2, -0.15) is 5.26 Å². The SMILES string of the molecule is N#Cc1cc(F)cc(-n2c(CCN)nc3c(F)ccc(Cl)c3c2=O)c1. The molecule has 0 spiro atoms. The lowest BCUT2D eigenvalue weighted by Gasteiger charge is -2.14. The molecule has 0 radical (unpaired) electrons. The van der Waals surface area contributed by atoms with Crippen molar-refractivity contribution in [3.63, 3.8) is 0 Å². The maximum atomic E-state index is 14.1. The van der Waals surface area contributed by atoms with E-state index in [-0.39, 0.29) is 46.0 Å². The van der Waals surface area contributed by atoms with Gasteiger partial charge in [-0.3, -0.25) is 9.36 Å². The van der Waals surface area contributed by atoms with Crippen LogP contribution in [0.1, 0.15) is 11.4 Å². The summed E-state index contributed by atoms with van der Waals surface area (Å²) < 4.78 is 29.0. The summed E-state index contributed by atoms with van der Waals surface area (Å²) in [5.74, 6) is -1.24. The van der Waals surface area contributed by atoms with E-state index < -0.39 is 17.2 Å². The zero-order valence-corrected chi connectivity index (χ0v) is 13.5. The van der Waals surface area contributed by atoms with Crippen LogP contribution in [-0.4, -0.2) is 16.1 Å². The first-order valence-electron chi connectivity index (χ1n) is 7.27. The van der Waals surface area contributed by atoms with Gasteiger partial charge in [0.1, 0.15) is 23.0 Å². The van der Waals surface area contributed by atoms with E-state index in [4.69, 9.17) is 22.6 Å². The number of rotatable bonds is 3. The molecule has 0 saturated carbocycles. The summed E-state index contributed by atoms with van der Waals surface area (Å²) in [5, 5.41) is 8.92. The van der Waals surface area contributed by atoms with Crippen LogP contribution in [-0.2, 0) is 6.42 Å². The highest BCUT2D eigenvalue weighted by Crippen LogP contribution is 2.23. The Morgan fingerprint density at radius 1 is 1.28 bits per heavy atom. The number of nitrogens with two attached hydrogens (primary N) is 1. The van der Waals surface area contributed by atoms with Gasteiger partial charge in [0.25, 0.3) is 5.56 Å². The fourth-order valence-electron chi connectivity index (χ4n) is 2.59. The quantitative estimate of drug-likeness (QED) is 0.778. The first kappa shape index (κ1) is 17.0. The van der Waals surface area contributed by atoms with Gasteiger partial charge in [-0.15, -0.1) is 0 Å². The number of hydrogen-bond donors (Lipinski definition) is 1. The molecule has 0 fully saturated rings. The second-order valence-electron chi connectivity index (χ2n) is 5.27. The Hall–Kier alpha value is -2.82. The molecule has 0 atom stereocenters. The summed E-state index contributed by atoms with van der Waals surface area (Å²) in [5.41, 5.74) is 4.85. The van der Waals surface area contributed by atoms with Gasteiger partial charge < -0.3 is 5.73 Å². The molecule has 2 aromatic carbocycles. The van der Waals surface area contributed by atoms with Crippen molar-refractivity contribution in [3.05, 3.63) is 68.7 Å². The molecule has 0 aliphatic rings. The Morgan fingerprint density at radius 3 is 2.72 bits per heavy atom. The Morgan fingerprint density at radius 2 is 2.04 bits per heavy atom. The third-order valence-electron chi connectivity index (χ3n) is 3.63. The van der Waals surface area contributed by atoms with E-state index in [1.165, 1.54) is 12.1 Å². The van der Waals surface area contributed by atoms with E-state index >= 15 is 0 Å². The largest absolute Gasteiger partial charge is 0.330 e. The number of benzene rings is 2. The van der Waals surface area contributed by atoms with E-state index in [1.54, 1.807) is 0 Å². The molecule has 3 aromatic rings. The van der Waals surface area contributed by atoms with Gasteiger partial charge in [0.15, 0.2) is 0 Å². The van der Waals surface area contributed by atoms with Crippen LogP contribution in [0.15, 0.2) is 35.1 Å². The van der Waals surface area contributed by atoms with Crippen molar-refractivity contribution in [2.75, 3.05) is 6.54 Å². The van der Waals surface area contributed by atoms with E-state index in [2.05, 4.69) is 4.98 Å². The predicted molar refractivity (Wildman–Crippen MR) is 89.7 cm³/mol. The van der Waals surface area contributed by atoms with Gasteiger partial charge in [0, 0.05) is 6.42 Å². The maximum absolute atomic E-state index is 14.1. The molecule has 0 unspecified atom stereocenters. The van der Waals surface area contributed by atoms with Crippen LogP contribution in [0.2, 0.25) is 5.02 Å². The molecular weight excluding hydrogens is 350 g/mol. The molecule has 0 aliphatic heterocycles. The zero-order valence-electron chi connectivity index (χ0n) is 12.8. The van der Waals surface area contributed by atoms with Crippen molar-refractivity contribution in [2.24, 2.45) is 5.73 Å². The average molecular weight is 361 g/mol. The molecule has 1 aromatic heterocycles. The highest BCUT2D eigenvalue weighted by atomic mass is 35.5. The topological polar surface area (TPSA) is 84.7 Å². The van der Waals surface area contributed by atoms with E-state index in [0.717, 1.165) is 22.8 Å². The maximum Gasteiger partial charge on any atom is 0.267 e. The summed E-state index contributed by atoms with van der Waals surface area (Å²) >= 11 is 6.04. The summed E-state index contributed by atoms with van der Waals surface area (Å²) in [6.07, 6.45) is 0.148. The number of hydrogen-bond acceptors (Lipinski definition) is 4. The third kappa shape index (κ3) is 2.97. The molecule has 0 amide bonds. The van der Waals surface area contributed by atoms with Crippen molar-refractivity contribution >= 4 is 22.5 Å². The minimum Gasteiger partial charge on any atom is -0.330 e. The first-order valence-corrected chi connectivity index (χ1v) is 7.65. The lowest BCUT2D eigenvalue weighted by atomic mass is 10.1. The van der Waals surface area contributed by atoms with Crippen molar-refractivity contribution in [1.82, 2.24) is 9.55 Å². The molecular formula is C17H11ClF2N4O. The van der Waals surface area contributed by atoms with Crippen molar-refractivity contribution < 1.29 is 8.78 Å². The molecule has 5 nitrogen and oxygen atoms in total. The minimum atomic E-state index is -0.695. The second kappa shape index (κ2) is 6.59. The summed E-state index contributed by atoms with van der Waals surface area (Å²) in [6, 6.07) is 7.65. The number of fused-ring (bicyclic) bond motifs is 1. The summed E-state index contributed by atoms with van der Waals surface area (Å²) in [7, 11) is 0. The van der Waals surface area contributed by atoms with Gasteiger partial charge in [0.2, 0.25) is 0 Å². The van der Waals surface area contributed by atoms with Crippen LogP contribution in [0.4, 0.5) is 8.78 Å². The van der Waals surface area contributed by atoms with Gasteiger partial charge in [0.05, 0.1) is 27.7 Å². The Bertz CT molecular complexity index is 1090. The van der Waals surface area contributed by atoms with Crippen LogP contribution in [0.3, 0.4) is 0 Å². The standard InChI is InChI=1S/C17H11ClF2N4O/c18-12-1-2-13(20)16-15(12)17(25)24(14(23-16)3-4-21)11-6-9(8-22)5-10(19)7-11/h1-2,5-7H,3-4,21H2. The number of halogens is 3. The van der Waals surface area contributed by atoms with Crippen molar-refractivity contribution in [1.29, 1.82) is 5.26 Å². The van der Waals surface area contributed by atoms with Crippen LogP contribution >= 0.6 is 11.6 Å². The van der Waals surface area contributed by atoms with Gasteiger partial charge in [-0.25, -0.2) is 13.8 Å². The van der Waals surface area contributed by atoms with Crippen molar-refractivity contribution in [2.45, 2.75) is 6.42 Å². The second-order valence-corrected chi connectivity index (χ2v) is 5.68. The Labute approximate surface area is 145 Å². The highest BCUT2D eigenvalue weighted by Gasteiger charge is 2.18. The fraction of sp³-hybridized carbons (Fsp3) is 0.118. The van der Waals surface area contributed by atoms with Crippen LogP contribution in [0, 0.1) is 23.0 Å². The number of nitriles is 1. The van der Waals surface area contributed by atoms with E-state index in [9.17, 15) is 13.6 Å². The zero-order chi connectivity index (χ0) is 18.1. The first-order chi connectivity index (χ1) is 12.0. The summed E-state index contributed by atoms with van der Waals surface area (Å²) in [6.45, 7) is 0.139. The molecule has 8 heteroatoms. The lowest BCUT2D eigenvalue weighted by Crippen LogP contribution is -2.26. The lowest BCUT2D eigenvalue weighted by molar-refractivity contribution is 0.624. The molecule has 25 heavy (non-hydrogen) atoms. The summed E-state index contributed by atoms with van der Waals surface area (Å²) in [4.78, 5) is 17.1. The Kier molecular flexibility index (Phi) is 4.49. The molecule has 1 heterocycles. The van der Waals surface area contributed by atoms with Gasteiger partial charge >= 0.3 is 0 Å². The minimum absolute atomic E-state index is 0.0267. The molecule has 0 saturated heterocycles. The molecule has 2 N–H and O–H groups in total. The number of nitrogens with zero attached hydrogens (tertiary/aromatic N) is 3. The van der Waals surface area contributed by atoms with E-state index in [0.29, 0.717) is 0 Å². The molecule has 126 valence electrons.